The molecule has 0 bridgehead atoms. The molecule has 1 heterocycles. The topological polar surface area (TPSA) is 209 Å². The van der Waals surface area contributed by atoms with Crippen LogP contribution in [0.15, 0.2) is 18.2 Å². The molecule has 0 spiro atoms. The quantitative estimate of drug-likeness (QED) is 0.0469. The van der Waals surface area contributed by atoms with Gasteiger partial charge in [-0.2, -0.15) is 0 Å². The molecule has 0 aliphatic carbocycles. The van der Waals surface area contributed by atoms with E-state index in [1.807, 2.05) is 0 Å². The molecule has 1 aliphatic rings. The second-order valence-electron chi connectivity index (χ2n) is 15.6. The fourth-order valence-corrected chi connectivity index (χ4v) is 7.06. The maximum Gasteiger partial charge on any atom is 0.220 e. The number of hydrogen-bond donors (Lipinski definition) is 9. The molecule has 10 atom stereocenters. The van der Waals surface area contributed by atoms with Gasteiger partial charge in [-0.15, -0.1) is 0 Å². The van der Waals surface area contributed by atoms with Crippen LogP contribution in [0.3, 0.4) is 0 Å². The van der Waals surface area contributed by atoms with Gasteiger partial charge in [0.05, 0.1) is 31.5 Å². The van der Waals surface area contributed by atoms with Crippen molar-refractivity contribution in [1.29, 1.82) is 0 Å². The Hall–Kier alpha value is -1.78. The number of halogens is 1. The van der Waals surface area contributed by atoms with Crippen molar-refractivity contribution in [3.05, 3.63) is 35.1 Å². The first-order valence-corrected chi connectivity index (χ1v) is 21.1. The first-order chi connectivity index (χ1) is 26.4. The Balaban J connectivity index is 1.76. The average Bonchev–Trinajstić information content (AvgIpc) is 3.17. The third kappa shape index (κ3) is 19.0. The van der Waals surface area contributed by atoms with Crippen molar-refractivity contribution in [2.75, 3.05) is 13.2 Å². The SMILES string of the molecule is CCCCCCCCCCCCCC[C@@H](O)[C@@H](O)[C@H](CO[C@H]1OC(CO)[C@H](O)[C@H](O)C1O)NC(=O)CCCCCCCC[C@@H](O)[C@H](O)c1ccc(C)c(F)c1. The third-order valence-electron chi connectivity index (χ3n) is 10.9. The summed E-state index contributed by atoms with van der Waals surface area (Å²) in [6, 6.07) is 3.37. The Kier molecular flexibility index (Phi) is 25.7. The van der Waals surface area contributed by atoms with E-state index in [4.69, 9.17) is 9.47 Å². The van der Waals surface area contributed by atoms with E-state index in [0.29, 0.717) is 43.2 Å². The summed E-state index contributed by atoms with van der Waals surface area (Å²) < 4.78 is 24.9. The highest BCUT2D eigenvalue weighted by Gasteiger charge is 2.44. The monoisotopic (exact) mass is 788 g/mol. The number of nitrogens with one attached hydrogen (secondary N) is 1. The lowest BCUT2D eigenvalue weighted by Gasteiger charge is -2.40. The number of unbranched alkanes of at least 4 members (excludes halogenated alkanes) is 16. The van der Waals surface area contributed by atoms with Crippen LogP contribution in [0.5, 0.6) is 0 Å². The Morgan fingerprint density at radius 3 is 1.84 bits per heavy atom. The van der Waals surface area contributed by atoms with E-state index in [0.717, 1.165) is 44.9 Å². The average molecular weight is 788 g/mol. The molecule has 1 saturated heterocycles. The van der Waals surface area contributed by atoms with Crippen LogP contribution in [0.1, 0.15) is 159 Å². The standard InChI is InChI=1S/C42H74FNO11/c1-3-4-5-6-7-8-9-10-11-12-15-19-22-34(47)38(50)32(28-54-42-41(53)40(52)39(51)35(27-45)55-42)44-36(48)23-20-17-14-13-16-18-21-33(46)37(49)30-25-24-29(2)31(43)26-30/h24-26,32-35,37-42,45-47,49-53H,3-23,27-28H2,1-2H3,(H,44,48)/t32-,33+,34+,35?,37+,38-,39-,40-,41?,42-/m0/s1. The van der Waals surface area contributed by atoms with Crippen LogP contribution in [0.4, 0.5) is 4.39 Å². The molecule has 55 heavy (non-hydrogen) atoms. The zero-order chi connectivity index (χ0) is 40.6. The summed E-state index contributed by atoms with van der Waals surface area (Å²) in [5, 5.41) is 85.6. The summed E-state index contributed by atoms with van der Waals surface area (Å²) in [5.74, 6) is -0.781. The Morgan fingerprint density at radius 1 is 0.764 bits per heavy atom. The van der Waals surface area contributed by atoms with Crippen LogP contribution in [-0.2, 0) is 14.3 Å². The fourth-order valence-electron chi connectivity index (χ4n) is 7.06. The molecule has 1 fully saturated rings. The molecule has 1 amide bonds. The summed E-state index contributed by atoms with van der Waals surface area (Å²) >= 11 is 0. The summed E-state index contributed by atoms with van der Waals surface area (Å²) in [4.78, 5) is 13.0. The van der Waals surface area contributed by atoms with Gasteiger partial charge in [0, 0.05) is 6.42 Å². The molecule has 9 N–H and O–H groups in total. The number of amides is 1. The van der Waals surface area contributed by atoms with Crippen molar-refractivity contribution in [1.82, 2.24) is 5.32 Å². The lowest BCUT2D eigenvalue weighted by molar-refractivity contribution is -0.303. The molecule has 2 unspecified atom stereocenters. The lowest BCUT2D eigenvalue weighted by Crippen LogP contribution is -2.60. The van der Waals surface area contributed by atoms with Gasteiger partial charge in [0.2, 0.25) is 5.91 Å². The van der Waals surface area contributed by atoms with Gasteiger partial charge in [-0.3, -0.25) is 4.79 Å². The predicted octanol–water partition coefficient (Wildman–Crippen LogP) is 4.76. The van der Waals surface area contributed by atoms with E-state index in [9.17, 15) is 50.0 Å². The first-order valence-electron chi connectivity index (χ1n) is 21.1. The summed E-state index contributed by atoms with van der Waals surface area (Å²) in [5.41, 5.74) is 0.818. The Morgan fingerprint density at radius 2 is 1.29 bits per heavy atom. The molecular weight excluding hydrogens is 713 g/mol. The predicted molar refractivity (Wildman–Crippen MR) is 208 cm³/mol. The van der Waals surface area contributed by atoms with Gasteiger partial charge in [-0.1, -0.05) is 128 Å². The van der Waals surface area contributed by atoms with Crippen molar-refractivity contribution >= 4 is 5.91 Å². The number of aliphatic hydroxyl groups is 8. The number of hydrogen-bond acceptors (Lipinski definition) is 11. The number of aryl methyl sites for hydroxylation is 1. The molecule has 0 aromatic heterocycles. The second kappa shape index (κ2) is 28.6. The number of carbonyl (C=O) groups is 1. The molecule has 2 rings (SSSR count). The van der Waals surface area contributed by atoms with Crippen molar-refractivity contribution < 1.29 is 59.5 Å². The van der Waals surface area contributed by atoms with E-state index < -0.39 is 73.6 Å². The normalized spacial score (nSPS) is 22.9. The zero-order valence-corrected chi connectivity index (χ0v) is 33.4. The highest BCUT2D eigenvalue weighted by molar-refractivity contribution is 5.76. The molecule has 12 nitrogen and oxygen atoms in total. The van der Waals surface area contributed by atoms with E-state index in [1.54, 1.807) is 19.1 Å². The van der Waals surface area contributed by atoms with Gasteiger partial charge in [0.1, 0.15) is 42.4 Å². The van der Waals surface area contributed by atoms with Crippen molar-refractivity contribution in [3.63, 3.8) is 0 Å². The molecule has 1 aliphatic heterocycles. The van der Waals surface area contributed by atoms with Crippen LogP contribution >= 0.6 is 0 Å². The van der Waals surface area contributed by atoms with E-state index in [1.165, 1.54) is 57.4 Å². The molecule has 0 radical (unpaired) electrons. The van der Waals surface area contributed by atoms with Crippen molar-refractivity contribution in [3.8, 4) is 0 Å². The fraction of sp³-hybridized carbons (Fsp3) is 0.833. The molecule has 320 valence electrons. The van der Waals surface area contributed by atoms with Crippen LogP contribution in [0.2, 0.25) is 0 Å². The second-order valence-corrected chi connectivity index (χ2v) is 15.6. The van der Waals surface area contributed by atoms with E-state index in [-0.39, 0.29) is 18.9 Å². The minimum absolute atomic E-state index is 0.163. The summed E-state index contributed by atoms with van der Waals surface area (Å²) in [6.07, 6.45) is 7.20. The molecule has 0 saturated carbocycles. The van der Waals surface area contributed by atoms with Gasteiger partial charge < -0.3 is 55.6 Å². The number of benzene rings is 1. The van der Waals surface area contributed by atoms with Gasteiger partial charge in [0.15, 0.2) is 6.29 Å². The Labute approximate surface area is 328 Å². The first kappa shape index (κ1) is 49.4. The summed E-state index contributed by atoms with van der Waals surface area (Å²) in [7, 11) is 0. The lowest BCUT2D eigenvalue weighted by atomic mass is 9.98. The molecule has 1 aromatic carbocycles. The van der Waals surface area contributed by atoms with Crippen LogP contribution < -0.4 is 5.32 Å². The van der Waals surface area contributed by atoms with E-state index >= 15 is 0 Å². The molecule has 1 aromatic rings. The number of ether oxygens (including phenoxy) is 2. The number of aliphatic hydroxyl groups excluding tert-OH is 8. The maximum atomic E-state index is 13.8. The van der Waals surface area contributed by atoms with Crippen LogP contribution in [0.25, 0.3) is 0 Å². The molecular formula is C42H74FNO11. The highest BCUT2D eigenvalue weighted by atomic mass is 19.1. The van der Waals surface area contributed by atoms with Crippen LogP contribution in [0, 0.1) is 12.7 Å². The number of carbonyl (C=O) groups excluding carboxylic acids is 1. The maximum absolute atomic E-state index is 13.8. The van der Waals surface area contributed by atoms with Gasteiger partial charge in [-0.25, -0.2) is 4.39 Å². The summed E-state index contributed by atoms with van der Waals surface area (Å²) in [6.45, 7) is 2.85. The van der Waals surface area contributed by atoms with Gasteiger partial charge >= 0.3 is 0 Å². The highest BCUT2D eigenvalue weighted by Crippen LogP contribution is 2.25. The Bertz CT molecular complexity index is 1150. The third-order valence-corrected chi connectivity index (χ3v) is 10.9. The number of rotatable bonds is 31. The smallest absolute Gasteiger partial charge is 0.220 e. The van der Waals surface area contributed by atoms with Crippen LogP contribution in [-0.4, -0.2) is 115 Å². The van der Waals surface area contributed by atoms with Crippen molar-refractivity contribution in [2.45, 2.75) is 210 Å². The minimum atomic E-state index is -1.65. The minimum Gasteiger partial charge on any atom is -0.394 e. The molecule has 13 heteroatoms. The largest absolute Gasteiger partial charge is 0.394 e. The van der Waals surface area contributed by atoms with Crippen molar-refractivity contribution in [2.24, 2.45) is 0 Å². The van der Waals surface area contributed by atoms with Gasteiger partial charge in [-0.05, 0) is 43.4 Å². The van der Waals surface area contributed by atoms with Gasteiger partial charge in [0.25, 0.3) is 0 Å². The van der Waals surface area contributed by atoms with E-state index in [2.05, 4.69) is 12.2 Å². The zero-order valence-electron chi connectivity index (χ0n) is 33.4.